The van der Waals surface area contributed by atoms with Crippen LogP contribution in [0.25, 0.3) is 11.1 Å². The highest BCUT2D eigenvalue weighted by atomic mass is 16.5. The maximum atomic E-state index is 11.5. The summed E-state index contributed by atoms with van der Waals surface area (Å²) in [7, 11) is 0. The van der Waals surface area contributed by atoms with E-state index in [0.717, 1.165) is 16.7 Å². The van der Waals surface area contributed by atoms with Crippen molar-refractivity contribution in [1.29, 1.82) is 0 Å². The van der Waals surface area contributed by atoms with Crippen LogP contribution in [0.3, 0.4) is 0 Å². The molecule has 0 amide bonds. The Hall–Kier alpha value is -1.72. The summed E-state index contributed by atoms with van der Waals surface area (Å²) in [5.74, 6) is 0. The summed E-state index contributed by atoms with van der Waals surface area (Å²) >= 11 is 0. The molecule has 1 saturated heterocycles. The Kier molecular flexibility index (Phi) is 5.49. The molecule has 140 valence electrons. The van der Waals surface area contributed by atoms with Gasteiger partial charge in [-0.1, -0.05) is 68.4 Å². The number of morpholine rings is 1. The van der Waals surface area contributed by atoms with Crippen LogP contribution in [-0.2, 0) is 10.2 Å². The van der Waals surface area contributed by atoms with Crippen molar-refractivity contribution in [2.75, 3.05) is 26.3 Å². The fraction of sp³-hybridized carbons (Fsp3) is 0.455. The monoisotopic (exact) mass is 355 g/mol. The molecule has 0 saturated carbocycles. The van der Waals surface area contributed by atoms with Gasteiger partial charge in [-0.05, 0) is 23.6 Å². The van der Waals surface area contributed by atoms with Crippen LogP contribution in [0.1, 0.15) is 26.3 Å². The highest BCUT2D eigenvalue weighted by Crippen LogP contribution is 2.42. The minimum atomic E-state index is -1.34. The molecule has 2 atom stereocenters. The highest BCUT2D eigenvalue weighted by Gasteiger charge is 2.49. The Morgan fingerprint density at radius 3 is 2.15 bits per heavy atom. The fourth-order valence-electron chi connectivity index (χ4n) is 3.67. The van der Waals surface area contributed by atoms with Crippen molar-refractivity contribution in [3.63, 3.8) is 0 Å². The van der Waals surface area contributed by atoms with E-state index in [1.807, 2.05) is 55.1 Å². The molecule has 2 N–H and O–H groups in total. The topological polar surface area (TPSA) is 52.9 Å². The molecule has 4 heteroatoms. The SMILES string of the molecule is CC(C)(c1ccccc1-c1ccccc1)C(C)(O)C(O)N1CCOCC1. The molecule has 1 aliphatic heterocycles. The van der Waals surface area contributed by atoms with Gasteiger partial charge in [-0.15, -0.1) is 0 Å². The maximum absolute atomic E-state index is 11.5. The van der Waals surface area contributed by atoms with Crippen LogP contribution in [0.5, 0.6) is 0 Å². The molecular weight excluding hydrogens is 326 g/mol. The molecule has 1 fully saturated rings. The lowest BCUT2D eigenvalue weighted by Gasteiger charge is -2.48. The third kappa shape index (κ3) is 3.42. The van der Waals surface area contributed by atoms with Crippen LogP contribution in [0.2, 0.25) is 0 Å². The standard InChI is InChI=1S/C22H29NO3/c1-21(2,22(3,25)20(24)23-13-15-26-16-14-23)19-12-8-7-11-18(19)17-9-5-4-6-10-17/h4-12,20,24-25H,13-16H2,1-3H3. The van der Waals surface area contributed by atoms with Crippen LogP contribution in [0.4, 0.5) is 0 Å². The molecule has 26 heavy (non-hydrogen) atoms. The number of ether oxygens (including phenoxy) is 1. The molecule has 0 radical (unpaired) electrons. The fourth-order valence-corrected chi connectivity index (χ4v) is 3.67. The summed E-state index contributed by atoms with van der Waals surface area (Å²) < 4.78 is 5.38. The van der Waals surface area contributed by atoms with Crippen molar-refractivity contribution in [3.8, 4) is 11.1 Å². The van der Waals surface area contributed by atoms with Crippen molar-refractivity contribution in [1.82, 2.24) is 4.90 Å². The van der Waals surface area contributed by atoms with E-state index in [4.69, 9.17) is 4.74 Å². The molecule has 0 spiro atoms. The zero-order valence-electron chi connectivity index (χ0n) is 15.9. The summed E-state index contributed by atoms with van der Waals surface area (Å²) in [6, 6.07) is 18.3. The van der Waals surface area contributed by atoms with E-state index >= 15 is 0 Å². The van der Waals surface area contributed by atoms with E-state index in [9.17, 15) is 10.2 Å². The summed E-state index contributed by atoms with van der Waals surface area (Å²) in [5.41, 5.74) is 1.19. The minimum absolute atomic E-state index is 0.578. The molecule has 1 aliphatic rings. The van der Waals surface area contributed by atoms with Gasteiger partial charge in [0, 0.05) is 18.5 Å². The maximum Gasteiger partial charge on any atom is 0.137 e. The average molecular weight is 355 g/mol. The van der Waals surface area contributed by atoms with Crippen LogP contribution >= 0.6 is 0 Å². The predicted molar refractivity (Wildman–Crippen MR) is 104 cm³/mol. The van der Waals surface area contributed by atoms with Crippen molar-refractivity contribution in [2.24, 2.45) is 0 Å². The van der Waals surface area contributed by atoms with Gasteiger partial charge in [0.05, 0.1) is 13.2 Å². The first-order valence-electron chi connectivity index (χ1n) is 9.23. The molecule has 2 unspecified atom stereocenters. The Morgan fingerprint density at radius 1 is 0.923 bits per heavy atom. The Balaban J connectivity index is 1.99. The molecular formula is C22H29NO3. The normalized spacial score (nSPS) is 19.7. The second kappa shape index (κ2) is 7.49. The molecule has 1 heterocycles. The van der Waals surface area contributed by atoms with Gasteiger partial charge in [0.2, 0.25) is 0 Å². The van der Waals surface area contributed by atoms with E-state index < -0.39 is 17.2 Å². The van der Waals surface area contributed by atoms with Gasteiger partial charge >= 0.3 is 0 Å². The van der Waals surface area contributed by atoms with Gasteiger partial charge in [0.25, 0.3) is 0 Å². The zero-order chi connectivity index (χ0) is 18.8. The summed E-state index contributed by atoms with van der Waals surface area (Å²) in [6.07, 6.45) is -0.967. The van der Waals surface area contributed by atoms with Crippen molar-refractivity contribution >= 4 is 0 Å². The van der Waals surface area contributed by atoms with E-state index in [2.05, 4.69) is 18.2 Å². The van der Waals surface area contributed by atoms with E-state index in [0.29, 0.717) is 26.3 Å². The molecule has 0 aromatic heterocycles. The Bertz CT molecular complexity index is 721. The number of hydrogen-bond acceptors (Lipinski definition) is 4. The Morgan fingerprint density at radius 2 is 1.50 bits per heavy atom. The number of hydrogen-bond donors (Lipinski definition) is 2. The number of rotatable bonds is 5. The van der Waals surface area contributed by atoms with Gasteiger partial charge in [0.1, 0.15) is 11.8 Å². The number of benzene rings is 2. The minimum Gasteiger partial charge on any atom is -0.385 e. The smallest absolute Gasteiger partial charge is 0.137 e. The first-order chi connectivity index (χ1) is 12.4. The second-order valence-corrected chi connectivity index (χ2v) is 7.71. The average Bonchev–Trinajstić information content (AvgIpc) is 2.68. The number of nitrogens with zero attached hydrogens (tertiary/aromatic N) is 1. The van der Waals surface area contributed by atoms with Crippen molar-refractivity contribution in [2.45, 2.75) is 38.0 Å². The first-order valence-corrected chi connectivity index (χ1v) is 9.23. The summed E-state index contributed by atoms with van der Waals surface area (Å²) in [5, 5.41) is 22.4. The van der Waals surface area contributed by atoms with Gasteiger partial charge in [-0.25, -0.2) is 0 Å². The molecule has 0 bridgehead atoms. The lowest BCUT2D eigenvalue weighted by molar-refractivity contribution is -0.184. The van der Waals surface area contributed by atoms with Crippen molar-refractivity contribution < 1.29 is 14.9 Å². The van der Waals surface area contributed by atoms with Crippen LogP contribution < -0.4 is 0 Å². The summed E-state index contributed by atoms with van der Waals surface area (Å²) in [6.45, 7) is 8.12. The first kappa shape index (κ1) is 19.1. The molecule has 3 rings (SSSR count). The third-order valence-corrected chi connectivity index (χ3v) is 5.84. The van der Waals surface area contributed by atoms with Gasteiger partial charge in [-0.3, -0.25) is 4.90 Å². The Labute approximate surface area is 156 Å². The second-order valence-electron chi connectivity index (χ2n) is 7.71. The largest absolute Gasteiger partial charge is 0.385 e. The van der Waals surface area contributed by atoms with Crippen LogP contribution in [0, 0.1) is 0 Å². The van der Waals surface area contributed by atoms with E-state index in [1.165, 1.54) is 0 Å². The van der Waals surface area contributed by atoms with Gasteiger partial charge < -0.3 is 14.9 Å². The van der Waals surface area contributed by atoms with Crippen LogP contribution in [-0.4, -0.2) is 53.2 Å². The lowest BCUT2D eigenvalue weighted by Crippen LogP contribution is -2.62. The predicted octanol–water partition coefficient (Wildman–Crippen LogP) is 3.03. The van der Waals surface area contributed by atoms with E-state index in [1.54, 1.807) is 6.92 Å². The zero-order valence-corrected chi connectivity index (χ0v) is 15.9. The number of aliphatic hydroxyl groups is 2. The van der Waals surface area contributed by atoms with Crippen LogP contribution in [0.15, 0.2) is 54.6 Å². The molecule has 4 nitrogen and oxygen atoms in total. The summed E-state index contributed by atoms with van der Waals surface area (Å²) in [4.78, 5) is 1.90. The molecule has 2 aromatic carbocycles. The van der Waals surface area contributed by atoms with E-state index in [-0.39, 0.29) is 0 Å². The van der Waals surface area contributed by atoms with Gasteiger partial charge in [0.15, 0.2) is 0 Å². The van der Waals surface area contributed by atoms with Gasteiger partial charge in [-0.2, -0.15) is 0 Å². The third-order valence-electron chi connectivity index (χ3n) is 5.84. The number of aliphatic hydroxyl groups excluding tert-OH is 1. The quantitative estimate of drug-likeness (QED) is 0.866. The lowest BCUT2D eigenvalue weighted by atomic mass is 9.67. The molecule has 2 aromatic rings. The van der Waals surface area contributed by atoms with Crippen molar-refractivity contribution in [3.05, 3.63) is 60.2 Å². The molecule has 0 aliphatic carbocycles. The highest BCUT2D eigenvalue weighted by molar-refractivity contribution is 5.69.